The highest BCUT2D eigenvalue weighted by Crippen LogP contribution is 2.33. The second-order valence-electron chi connectivity index (χ2n) is 7.34. The molecule has 5 rings (SSSR count). The number of rotatable bonds is 3. The van der Waals surface area contributed by atoms with Gasteiger partial charge in [-0.05, 0) is 30.2 Å². The summed E-state index contributed by atoms with van der Waals surface area (Å²) < 4.78 is 0.690. The van der Waals surface area contributed by atoms with Gasteiger partial charge in [0.15, 0.2) is 0 Å². The molecule has 0 unspecified atom stereocenters. The quantitative estimate of drug-likeness (QED) is 0.556. The lowest BCUT2D eigenvalue weighted by Crippen LogP contribution is -2.47. The molecule has 2 aromatic heterocycles. The summed E-state index contributed by atoms with van der Waals surface area (Å²) in [4.78, 5) is 25.2. The second-order valence-corrected chi connectivity index (χ2v) is 8.22. The first-order chi connectivity index (χ1) is 14.2. The Balaban J connectivity index is 1.47. The average Bonchev–Trinajstić information content (AvgIpc) is 3.19. The molecule has 0 atom stereocenters. The Labute approximate surface area is 173 Å². The van der Waals surface area contributed by atoms with Crippen LogP contribution in [0.2, 0.25) is 0 Å². The maximum absolute atomic E-state index is 12.7. The average molecular weight is 403 g/mol. The fourth-order valence-corrected chi connectivity index (χ4v) is 4.85. The molecule has 1 aliphatic rings. The molecule has 1 fully saturated rings. The number of para-hydroxylation sites is 1. The van der Waals surface area contributed by atoms with E-state index < -0.39 is 0 Å². The van der Waals surface area contributed by atoms with E-state index in [1.807, 2.05) is 23.6 Å². The van der Waals surface area contributed by atoms with Gasteiger partial charge in [-0.25, -0.2) is 4.98 Å². The highest BCUT2D eigenvalue weighted by atomic mass is 32.1. The predicted octanol–water partition coefficient (Wildman–Crippen LogP) is 4.29. The third-order valence-corrected chi connectivity index (χ3v) is 6.52. The summed E-state index contributed by atoms with van der Waals surface area (Å²) in [6.45, 7) is 5.55. The van der Waals surface area contributed by atoms with E-state index in [0.717, 1.165) is 42.8 Å². The number of nitrogens with one attached hydrogen (secondary N) is 1. The summed E-state index contributed by atoms with van der Waals surface area (Å²) in [6.07, 6.45) is 0. The van der Waals surface area contributed by atoms with Gasteiger partial charge in [0.2, 0.25) is 5.95 Å². The van der Waals surface area contributed by atoms with E-state index in [0.29, 0.717) is 10.6 Å². The highest BCUT2D eigenvalue weighted by Gasteiger charge is 2.21. The van der Waals surface area contributed by atoms with Gasteiger partial charge in [-0.2, -0.15) is 0 Å². The molecule has 5 nitrogen and oxygen atoms in total. The van der Waals surface area contributed by atoms with Gasteiger partial charge in [0.1, 0.15) is 4.70 Å². The van der Waals surface area contributed by atoms with Gasteiger partial charge in [0, 0.05) is 42.8 Å². The summed E-state index contributed by atoms with van der Waals surface area (Å²) in [6, 6.07) is 18.7. The Morgan fingerprint density at radius 3 is 2.34 bits per heavy atom. The van der Waals surface area contributed by atoms with E-state index in [1.54, 1.807) is 0 Å². The number of anilines is 2. The van der Waals surface area contributed by atoms with E-state index >= 15 is 0 Å². The number of benzene rings is 2. The Morgan fingerprint density at radius 2 is 1.59 bits per heavy atom. The zero-order chi connectivity index (χ0) is 19.8. The molecule has 146 valence electrons. The molecule has 1 N–H and O–H groups in total. The van der Waals surface area contributed by atoms with Crippen LogP contribution in [-0.2, 0) is 0 Å². The van der Waals surface area contributed by atoms with Gasteiger partial charge in [-0.15, -0.1) is 11.3 Å². The lowest BCUT2D eigenvalue weighted by Gasteiger charge is -2.36. The lowest BCUT2D eigenvalue weighted by atomic mass is 10.0. The van der Waals surface area contributed by atoms with Crippen molar-refractivity contribution in [2.24, 2.45) is 0 Å². The van der Waals surface area contributed by atoms with Crippen LogP contribution in [0, 0.1) is 6.92 Å². The maximum Gasteiger partial charge on any atom is 0.270 e. The number of aromatic nitrogens is 2. The molecule has 2 aromatic carbocycles. The van der Waals surface area contributed by atoms with Gasteiger partial charge >= 0.3 is 0 Å². The number of fused-ring (bicyclic) bond motifs is 1. The molecule has 6 heteroatoms. The largest absolute Gasteiger partial charge is 0.368 e. The minimum atomic E-state index is -0.0553. The van der Waals surface area contributed by atoms with Gasteiger partial charge < -0.3 is 9.80 Å². The van der Waals surface area contributed by atoms with Crippen LogP contribution in [0.15, 0.2) is 64.8 Å². The molecular formula is C23H22N4OS. The zero-order valence-electron chi connectivity index (χ0n) is 16.3. The molecule has 29 heavy (non-hydrogen) atoms. The molecule has 1 saturated heterocycles. The number of hydrogen-bond acceptors (Lipinski definition) is 5. The van der Waals surface area contributed by atoms with E-state index in [2.05, 4.69) is 58.1 Å². The summed E-state index contributed by atoms with van der Waals surface area (Å²) in [5.74, 6) is 0.670. The molecule has 3 heterocycles. The van der Waals surface area contributed by atoms with Gasteiger partial charge in [0.05, 0.1) is 5.52 Å². The second kappa shape index (κ2) is 7.37. The van der Waals surface area contributed by atoms with Crippen LogP contribution >= 0.6 is 11.3 Å². The number of piperazine rings is 1. The zero-order valence-corrected chi connectivity index (χ0v) is 17.1. The minimum absolute atomic E-state index is 0.0553. The molecule has 1 aliphatic heterocycles. The SMILES string of the molecule is Cc1ccccc1-c1csc2c(=O)[nH]c(N3CCN(c4ccccc4)CC3)nc12. The number of H-pyrrole nitrogens is 1. The van der Waals surface area contributed by atoms with Crippen molar-refractivity contribution >= 4 is 33.2 Å². The summed E-state index contributed by atoms with van der Waals surface area (Å²) in [7, 11) is 0. The van der Waals surface area contributed by atoms with Gasteiger partial charge in [0.25, 0.3) is 5.56 Å². The Bertz CT molecular complexity index is 1210. The van der Waals surface area contributed by atoms with Crippen molar-refractivity contribution in [2.45, 2.75) is 6.92 Å². The first kappa shape index (κ1) is 17.9. The fourth-order valence-electron chi connectivity index (χ4n) is 3.95. The van der Waals surface area contributed by atoms with Crippen LogP contribution in [0.1, 0.15) is 5.56 Å². The number of hydrogen-bond donors (Lipinski definition) is 1. The standard InChI is InChI=1S/C23H22N4OS/c1-16-7-5-6-10-18(16)19-15-29-21-20(19)24-23(25-22(21)28)27-13-11-26(12-14-27)17-8-3-2-4-9-17/h2-10,15H,11-14H2,1H3,(H,24,25,28). The molecule has 0 aliphatic carbocycles. The molecular weight excluding hydrogens is 380 g/mol. The van der Waals surface area contributed by atoms with Crippen LogP contribution in [0.3, 0.4) is 0 Å². The number of aromatic amines is 1. The van der Waals surface area contributed by atoms with Crippen LogP contribution < -0.4 is 15.4 Å². The molecule has 0 bridgehead atoms. The van der Waals surface area contributed by atoms with Crippen molar-refractivity contribution in [1.29, 1.82) is 0 Å². The monoisotopic (exact) mass is 402 g/mol. The Kier molecular flexibility index (Phi) is 4.56. The van der Waals surface area contributed by atoms with Crippen LogP contribution in [0.4, 0.5) is 11.6 Å². The molecule has 0 amide bonds. The lowest BCUT2D eigenvalue weighted by molar-refractivity contribution is 0.640. The Hall–Kier alpha value is -3.12. The van der Waals surface area contributed by atoms with Gasteiger partial charge in [-0.3, -0.25) is 9.78 Å². The molecule has 4 aromatic rings. The molecule has 0 saturated carbocycles. The third-order valence-electron chi connectivity index (χ3n) is 5.55. The van der Waals surface area contributed by atoms with Crippen molar-refractivity contribution in [3.05, 3.63) is 75.9 Å². The smallest absolute Gasteiger partial charge is 0.270 e. The van der Waals surface area contributed by atoms with Crippen LogP contribution in [0.25, 0.3) is 21.3 Å². The number of thiophene rings is 1. The molecule has 0 radical (unpaired) electrons. The van der Waals surface area contributed by atoms with E-state index in [4.69, 9.17) is 4.98 Å². The van der Waals surface area contributed by atoms with Crippen LogP contribution in [0.5, 0.6) is 0 Å². The fraction of sp³-hybridized carbons (Fsp3) is 0.217. The predicted molar refractivity (Wildman–Crippen MR) is 121 cm³/mol. The summed E-state index contributed by atoms with van der Waals surface area (Å²) in [5, 5.41) is 2.05. The van der Waals surface area contributed by atoms with Crippen molar-refractivity contribution in [3.63, 3.8) is 0 Å². The van der Waals surface area contributed by atoms with Gasteiger partial charge in [-0.1, -0.05) is 42.5 Å². The maximum atomic E-state index is 12.7. The number of nitrogens with zero attached hydrogens (tertiary/aromatic N) is 3. The van der Waals surface area contributed by atoms with Crippen molar-refractivity contribution in [2.75, 3.05) is 36.0 Å². The van der Waals surface area contributed by atoms with E-state index in [-0.39, 0.29) is 5.56 Å². The van der Waals surface area contributed by atoms with Crippen molar-refractivity contribution in [3.8, 4) is 11.1 Å². The first-order valence-corrected chi connectivity index (χ1v) is 10.7. The third kappa shape index (κ3) is 3.29. The first-order valence-electron chi connectivity index (χ1n) is 9.83. The normalized spacial score (nSPS) is 14.5. The highest BCUT2D eigenvalue weighted by molar-refractivity contribution is 7.17. The van der Waals surface area contributed by atoms with Crippen LogP contribution in [-0.4, -0.2) is 36.1 Å². The minimum Gasteiger partial charge on any atom is -0.368 e. The van der Waals surface area contributed by atoms with E-state index in [1.165, 1.54) is 22.6 Å². The summed E-state index contributed by atoms with van der Waals surface area (Å²) >= 11 is 1.46. The molecule has 0 spiro atoms. The van der Waals surface area contributed by atoms with Crippen molar-refractivity contribution < 1.29 is 0 Å². The van der Waals surface area contributed by atoms with Crippen molar-refractivity contribution in [1.82, 2.24) is 9.97 Å². The summed E-state index contributed by atoms with van der Waals surface area (Å²) in [5.41, 5.74) is 5.35. The number of aryl methyl sites for hydroxylation is 1. The Morgan fingerprint density at radius 1 is 0.897 bits per heavy atom. The van der Waals surface area contributed by atoms with E-state index in [9.17, 15) is 4.79 Å². The topological polar surface area (TPSA) is 52.2 Å².